The van der Waals surface area contributed by atoms with Crippen LogP contribution in [0, 0.1) is 22.7 Å². The molecule has 172 valence electrons. The first-order valence-electron chi connectivity index (χ1n) is 9.99. The molecule has 2 aliphatic carbocycles. The van der Waals surface area contributed by atoms with E-state index < -0.39 is 33.9 Å². The number of rotatable bonds is 7. The zero-order valence-electron chi connectivity index (χ0n) is 16.8. The molecule has 1 N–H and O–H groups in total. The van der Waals surface area contributed by atoms with Gasteiger partial charge in [-0.15, -0.1) is 23.2 Å². The highest BCUT2D eigenvalue weighted by Gasteiger charge is 2.67. The Morgan fingerprint density at radius 3 is 2.39 bits per heavy atom. The lowest BCUT2D eigenvalue weighted by Crippen LogP contribution is -2.17. The number of benzene rings is 2. The number of nitrogens with one attached hydrogen (secondary N) is 1. The summed E-state index contributed by atoms with van der Waals surface area (Å²) in [6, 6.07) is 10.6. The summed E-state index contributed by atoms with van der Waals surface area (Å²) < 4.78 is 24.5. The van der Waals surface area contributed by atoms with Crippen molar-refractivity contribution in [3.8, 4) is 6.07 Å². The van der Waals surface area contributed by atoms with Crippen LogP contribution in [0.2, 0.25) is 10.0 Å². The van der Waals surface area contributed by atoms with Gasteiger partial charge in [-0.2, -0.15) is 5.26 Å². The van der Waals surface area contributed by atoms with Crippen LogP contribution in [0.5, 0.6) is 0 Å². The number of anilines is 1. The SMILES string of the molecule is N#CC1(CC(=O)c2cc(NC(=O)C3C(c4ccc(C(F)F)c(Cl)c4)C3(Cl)Cl)ccc2Cl)CC1. The zero-order chi connectivity index (χ0) is 24.1. The number of alkyl halides is 4. The van der Waals surface area contributed by atoms with Crippen LogP contribution >= 0.6 is 46.4 Å². The van der Waals surface area contributed by atoms with Crippen molar-refractivity contribution in [1.82, 2.24) is 0 Å². The van der Waals surface area contributed by atoms with Crippen molar-refractivity contribution >= 4 is 63.8 Å². The number of hydrogen-bond donors (Lipinski definition) is 1. The maximum atomic E-state index is 13.0. The topological polar surface area (TPSA) is 70.0 Å². The third kappa shape index (κ3) is 4.70. The van der Waals surface area contributed by atoms with Gasteiger partial charge < -0.3 is 5.32 Å². The average Bonchev–Trinajstić information content (AvgIpc) is 3.63. The number of nitrogens with zero attached hydrogens (tertiary/aromatic N) is 1. The fourth-order valence-electron chi connectivity index (χ4n) is 3.90. The molecule has 2 fully saturated rings. The molecule has 0 bridgehead atoms. The van der Waals surface area contributed by atoms with E-state index in [-0.39, 0.29) is 33.4 Å². The fraction of sp³-hybridized carbons (Fsp3) is 0.348. The van der Waals surface area contributed by atoms with Gasteiger partial charge in [0.05, 0.1) is 22.4 Å². The van der Waals surface area contributed by atoms with Crippen LogP contribution in [0.4, 0.5) is 14.5 Å². The monoisotopic (exact) mass is 530 g/mol. The standard InChI is InChI=1S/C23H16Cl4F2N2O2/c24-15-4-2-12(8-14(15)17(32)9-22(10-30)5-6-22)31-21(33)19-18(23(19,26)27)11-1-3-13(20(28)29)16(25)7-11/h1-4,7-8,18-20H,5-6,9H2,(H,31,33). The summed E-state index contributed by atoms with van der Waals surface area (Å²) in [4.78, 5) is 25.5. The highest BCUT2D eigenvalue weighted by molar-refractivity contribution is 6.53. The van der Waals surface area contributed by atoms with Gasteiger partial charge in [0.15, 0.2) is 5.78 Å². The molecule has 0 saturated heterocycles. The van der Waals surface area contributed by atoms with Crippen LogP contribution < -0.4 is 5.32 Å². The Balaban J connectivity index is 1.50. The Morgan fingerprint density at radius 2 is 1.82 bits per heavy atom. The lowest BCUT2D eigenvalue weighted by Gasteiger charge is -2.10. The third-order valence-electron chi connectivity index (χ3n) is 6.08. The minimum atomic E-state index is -2.73. The molecule has 1 amide bonds. The molecule has 2 aliphatic rings. The number of hydrogen-bond acceptors (Lipinski definition) is 3. The Hall–Kier alpha value is -1.91. The summed E-state index contributed by atoms with van der Waals surface area (Å²) in [5, 5.41) is 12.0. The molecular formula is C23H16Cl4F2N2O2. The van der Waals surface area contributed by atoms with E-state index in [0.29, 0.717) is 24.1 Å². The van der Waals surface area contributed by atoms with Gasteiger partial charge in [-0.25, -0.2) is 8.78 Å². The normalized spacial score (nSPS) is 21.9. The van der Waals surface area contributed by atoms with E-state index in [0.717, 1.165) is 0 Å². The lowest BCUT2D eigenvalue weighted by molar-refractivity contribution is -0.117. The van der Waals surface area contributed by atoms with Crippen molar-refractivity contribution < 1.29 is 18.4 Å². The molecule has 10 heteroatoms. The molecule has 2 atom stereocenters. The van der Waals surface area contributed by atoms with E-state index in [4.69, 9.17) is 46.4 Å². The first-order chi connectivity index (χ1) is 15.5. The number of nitriles is 1. The molecule has 4 nitrogen and oxygen atoms in total. The molecule has 0 aromatic heterocycles. The number of ketones is 1. The van der Waals surface area contributed by atoms with Crippen LogP contribution in [0.25, 0.3) is 0 Å². The van der Waals surface area contributed by atoms with Gasteiger partial charge in [0.1, 0.15) is 4.33 Å². The Morgan fingerprint density at radius 1 is 1.12 bits per heavy atom. The molecule has 2 unspecified atom stereocenters. The Kier molecular flexibility index (Phi) is 6.39. The second-order valence-electron chi connectivity index (χ2n) is 8.39. The van der Waals surface area contributed by atoms with Gasteiger partial charge in [0, 0.05) is 34.2 Å². The van der Waals surface area contributed by atoms with Gasteiger partial charge in [-0.05, 0) is 42.7 Å². The zero-order valence-corrected chi connectivity index (χ0v) is 19.9. The van der Waals surface area contributed by atoms with Crippen molar-refractivity contribution in [1.29, 1.82) is 5.26 Å². The van der Waals surface area contributed by atoms with Crippen molar-refractivity contribution in [3.63, 3.8) is 0 Å². The number of halogens is 6. The molecule has 0 radical (unpaired) electrons. The summed E-state index contributed by atoms with van der Waals surface area (Å²) in [5.74, 6) is -2.30. The fourth-order valence-corrected chi connectivity index (χ4v) is 5.22. The maximum Gasteiger partial charge on any atom is 0.265 e. The molecule has 4 rings (SSSR count). The summed E-state index contributed by atoms with van der Waals surface area (Å²) in [6.45, 7) is 0. The van der Waals surface area contributed by atoms with Gasteiger partial charge in [0.25, 0.3) is 6.43 Å². The number of amides is 1. The minimum Gasteiger partial charge on any atom is -0.326 e. The second kappa shape index (κ2) is 8.70. The van der Waals surface area contributed by atoms with E-state index in [2.05, 4.69) is 11.4 Å². The molecule has 2 aromatic rings. The Bertz CT molecular complexity index is 1190. The lowest BCUT2D eigenvalue weighted by atomic mass is 9.96. The van der Waals surface area contributed by atoms with E-state index in [1.807, 2.05) is 0 Å². The van der Waals surface area contributed by atoms with Crippen LogP contribution in [-0.4, -0.2) is 16.0 Å². The smallest absolute Gasteiger partial charge is 0.265 e. The van der Waals surface area contributed by atoms with Gasteiger partial charge in [-0.1, -0.05) is 35.3 Å². The quantitative estimate of drug-likeness (QED) is 0.300. The molecule has 2 aromatic carbocycles. The highest BCUT2D eigenvalue weighted by atomic mass is 35.5. The largest absolute Gasteiger partial charge is 0.326 e. The molecule has 2 saturated carbocycles. The predicted molar refractivity (Wildman–Crippen MR) is 123 cm³/mol. The minimum absolute atomic E-state index is 0.0627. The molecule has 0 aliphatic heterocycles. The molecular weight excluding hydrogens is 516 g/mol. The number of carbonyl (C=O) groups excluding carboxylic acids is 2. The van der Waals surface area contributed by atoms with Crippen molar-refractivity contribution in [2.24, 2.45) is 11.3 Å². The number of carbonyl (C=O) groups is 2. The van der Waals surface area contributed by atoms with E-state index in [1.165, 1.54) is 36.4 Å². The van der Waals surface area contributed by atoms with Gasteiger partial charge >= 0.3 is 0 Å². The maximum absolute atomic E-state index is 13.0. The van der Waals surface area contributed by atoms with Gasteiger partial charge in [0.2, 0.25) is 5.91 Å². The summed E-state index contributed by atoms with van der Waals surface area (Å²) in [5.41, 5.74) is 0.0438. The first kappa shape index (κ1) is 24.2. The van der Waals surface area contributed by atoms with Crippen LogP contribution in [0.3, 0.4) is 0 Å². The van der Waals surface area contributed by atoms with Crippen LogP contribution in [0.1, 0.15) is 53.1 Å². The number of Topliss-reactive ketones (excluding diaryl/α,β-unsaturated/α-hetero) is 1. The van der Waals surface area contributed by atoms with Crippen molar-refractivity contribution in [3.05, 3.63) is 63.1 Å². The predicted octanol–water partition coefficient (Wildman–Crippen LogP) is 7.33. The third-order valence-corrected chi connectivity index (χ3v) is 7.68. The summed E-state index contributed by atoms with van der Waals surface area (Å²) in [7, 11) is 0. The van der Waals surface area contributed by atoms with Crippen molar-refractivity contribution in [2.45, 2.75) is 35.9 Å². The average molecular weight is 532 g/mol. The van der Waals surface area contributed by atoms with Crippen LogP contribution in [0.15, 0.2) is 36.4 Å². The highest BCUT2D eigenvalue weighted by Crippen LogP contribution is 2.65. The van der Waals surface area contributed by atoms with Crippen LogP contribution in [-0.2, 0) is 4.79 Å². The molecule has 0 heterocycles. The van der Waals surface area contributed by atoms with Gasteiger partial charge in [-0.3, -0.25) is 9.59 Å². The molecule has 33 heavy (non-hydrogen) atoms. The van der Waals surface area contributed by atoms with E-state index in [9.17, 15) is 23.6 Å². The molecule has 0 spiro atoms. The van der Waals surface area contributed by atoms with E-state index >= 15 is 0 Å². The van der Waals surface area contributed by atoms with E-state index in [1.54, 1.807) is 0 Å². The van der Waals surface area contributed by atoms with Crippen molar-refractivity contribution in [2.75, 3.05) is 5.32 Å². The summed E-state index contributed by atoms with van der Waals surface area (Å²) in [6.07, 6.45) is -1.33. The second-order valence-corrected chi connectivity index (χ2v) is 10.6. The Labute approximate surface area is 208 Å². The summed E-state index contributed by atoms with van der Waals surface area (Å²) >= 11 is 24.8. The first-order valence-corrected chi connectivity index (χ1v) is 11.5.